The molecule has 3 aromatic rings. The van der Waals surface area contributed by atoms with Gasteiger partial charge in [-0.05, 0) is 18.2 Å². The fraction of sp³-hybridized carbons (Fsp3) is 0. The van der Waals surface area contributed by atoms with Crippen molar-refractivity contribution in [2.45, 2.75) is 0 Å². The Kier molecular flexibility index (Phi) is 2.59. The standard InChI is InChI=1S/C14H8F2N2O/c15-11-3-1-2-8(13(11)16)14(19)10-7-18-12-4-5-17-6-9(10)12/h1-7,18H. The highest BCUT2D eigenvalue weighted by atomic mass is 19.2. The maximum Gasteiger partial charge on any atom is 0.198 e. The van der Waals surface area contributed by atoms with E-state index in [-0.39, 0.29) is 11.1 Å². The van der Waals surface area contributed by atoms with Crippen molar-refractivity contribution < 1.29 is 13.6 Å². The van der Waals surface area contributed by atoms with Crippen molar-refractivity contribution in [2.24, 2.45) is 0 Å². The van der Waals surface area contributed by atoms with Crippen molar-refractivity contribution >= 4 is 16.7 Å². The summed E-state index contributed by atoms with van der Waals surface area (Å²) in [5, 5.41) is 0.580. The van der Waals surface area contributed by atoms with Crippen LogP contribution in [0.25, 0.3) is 10.9 Å². The van der Waals surface area contributed by atoms with E-state index in [4.69, 9.17) is 0 Å². The van der Waals surface area contributed by atoms with Crippen LogP contribution >= 0.6 is 0 Å². The summed E-state index contributed by atoms with van der Waals surface area (Å²) in [6.45, 7) is 0. The Labute approximate surface area is 106 Å². The zero-order valence-electron chi connectivity index (χ0n) is 9.65. The van der Waals surface area contributed by atoms with Gasteiger partial charge in [0.15, 0.2) is 17.4 Å². The van der Waals surface area contributed by atoms with Gasteiger partial charge in [-0.2, -0.15) is 0 Å². The molecule has 0 aliphatic heterocycles. The van der Waals surface area contributed by atoms with Crippen LogP contribution < -0.4 is 0 Å². The molecule has 0 aliphatic carbocycles. The van der Waals surface area contributed by atoms with Crippen LogP contribution in [0.3, 0.4) is 0 Å². The van der Waals surface area contributed by atoms with E-state index in [1.54, 1.807) is 12.3 Å². The number of carbonyl (C=O) groups excluding carboxylic acids is 1. The Bertz CT molecular complexity index is 780. The lowest BCUT2D eigenvalue weighted by Crippen LogP contribution is -2.05. The van der Waals surface area contributed by atoms with Gasteiger partial charge in [-0.25, -0.2) is 8.78 Å². The molecule has 0 amide bonds. The predicted octanol–water partition coefficient (Wildman–Crippen LogP) is 3.07. The van der Waals surface area contributed by atoms with Crippen LogP contribution in [0.5, 0.6) is 0 Å². The number of H-pyrrole nitrogens is 1. The van der Waals surface area contributed by atoms with Crippen LogP contribution in [0.4, 0.5) is 8.78 Å². The highest BCUT2D eigenvalue weighted by Crippen LogP contribution is 2.22. The molecule has 19 heavy (non-hydrogen) atoms. The van der Waals surface area contributed by atoms with Crippen LogP contribution in [-0.2, 0) is 0 Å². The van der Waals surface area contributed by atoms with E-state index in [0.717, 1.165) is 11.6 Å². The summed E-state index contributed by atoms with van der Waals surface area (Å²) in [6.07, 6.45) is 4.56. The third-order valence-corrected chi connectivity index (χ3v) is 2.92. The molecule has 0 radical (unpaired) electrons. The molecule has 0 atom stereocenters. The number of fused-ring (bicyclic) bond motifs is 1. The summed E-state index contributed by atoms with van der Waals surface area (Å²) >= 11 is 0. The Balaban J connectivity index is 2.17. The molecule has 5 heteroatoms. The highest BCUT2D eigenvalue weighted by molar-refractivity contribution is 6.16. The fourth-order valence-electron chi connectivity index (χ4n) is 1.97. The first-order valence-corrected chi connectivity index (χ1v) is 5.58. The van der Waals surface area contributed by atoms with E-state index in [0.29, 0.717) is 5.39 Å². The van der Waals surface area contributed by atoms with Crippen LogP contribution in [0.15, 0.2) is 42.9 Å². The number of carbonyl (C=O) groups is 1. The summed E-state index contributed by atoms with van der Waals surface area (Å²) in [5.74, 6) is -2.74. The molecule has 0 bridgehead atoms. The Morgan fingerprint density at radius 2 is 2.00 bits per heavy atom. The Hall–Kier alpha value is -2.56. The number of hydrogen-bond acceptors (Lipinski definition) is 2. The van der Waals surface area contributed by atoms with E-state index < -0.39 is 17.4 Å². The number of pyridine rings is 1. The molecule has 2 heterocycles. The quantitative estimate of drug-likeness (QED) is 0.718. The van der Waals surface area contributed by atoms with Crippen LogP contribution in [0.1, 0.15) is 15.9 Å². The third kappa shape index (κ3) is 1.79. The summed E-state index contributed by atoms with van der Waals surface area (Å²) in [6, 6.07) is 5.24. The van der Waals surface area contributed by atoms with Crippen molar-refractivity contribution in [3.05, 3.63) is 65.6 Å². The van der Waals surface area contributed by atoms with Crippen molar-refractivity contribution in [3.8, 4) is 0 Å². The second kappa shape index (κ2) is 4.28. The second-order valence-electron chi connectivity index (χ2n) is 4.05. The van der Waals surface area contributed by atoms with Crippen LogP contribution in [0.2, 0.25) is 0 Å². The largest absolute Gasteiger partial charge is 0.360 e. The van der Waals surface area contributed by atoms with Gasteiger partial charge in [0.1, 0.15) is 0 Å². The van der Waals surface area contributed by atoms with Gasteiger partial charge in [-0.3, -0.25) is 9.78 Å². The molecule has 0 unspecified atom stereocenters. The minimum atomic E-state index is -1.13. The predicted molar refractivity (Wildman–Crippen MR) is 65.9 cm³/mol. The van der Waals surface area contributed by atoms with Gasteiger partial charge in [0.05, 0.1) is 5.56 Å². The topological polar surface area (TPSA) is 45.8 Å². The molecule has 0 saturated carbocycles. The Morgan fingerprint density at radius 3 is 2.84 bits per heavy atom. The smallest absolute Gasteiger partial charge is 0.198 e. The van der Waals surface area contributed by atoms with Crippen molar-refractivity contribution in [1.29, 1.82) is 0 Å². The molecule has 0 fully saturated rings. The monoisotopic (exact) mass is 258 g/mol. The van der Waals surface area contributed by atoms with Gasteiger partial charge in [-0.15, -0.1) is 0 Å². The zero-order valence-corrected chi connectivity index (χ0v) is 9.65. The molecule has 0 spiro atoms. The lowest BCUT2D eigenvalue weighted by atomic mass is 10.0. The average Bonchev–Trinajstić information content (AvgIpc) is 2.85. The second-order valence-corrected chi connectivity index (χ2v) is 4.05. The molecule has 3 rings (SSSR count). The van der Waals surface area contributed by atoms with E-state index in [9.17, 15) is 13.6 Å². The molecular formula is C14H8F2N2O. The number of aromatic nitrogens is 2. The minimum absolute atomic E-state index is 0.271. The van der Waals surface area contributed by atoms with E-state index in [1.807, 2.05) is 0 Å². The van der Waals surface area contributed by atoms with E-state index in [2.05, 4.69) is 9.97 Å². The summed E-state index contributed by atoms with van der Waals surface area (Å²) in [7, 11) is 0. The van der Waals surface area contributed by atoms with Gasteiger partial charge in [-0.1, -0.05) is 6.07 Å². The minimum Gasteiger partial charge on any atom is -0.360 e. The summed E-state index contributed by atoms with van der Waals surface area (Å²) in [5.41, 5.74) is 0.701. The summed E-state index contributed by atoms with van der Waals surface area (Å²) < 4.78 is 26.8. The van der Waals surface area contributed by atoms with Gasteiger partial charge >= 0.3 is 0 Å². The molecule has 0 saturated heterocycles. The molecule has 3 nitrogen and oxygen atoms in total. The van der Waals surface area contributed by atoms with E-state index >= 15 is 0 Å². The number of aromatic amines is 1. The van der Waals surface area contributed by atoms with Crippen molar-refractivity contribution in [3.63, 3.8) is 0 Å². The lowest BCUT2D eigenvalue weighted by molar-refractivity contribution is 0.103. The molecule has 1 N–H and O–H groups in total. The SMILES string of the molecule is O=C(c1cccc(F)c1F)c1c[nH]c2ccncc12. The number of nitrogens with zero attached hydrogens (tertiary/aromatic N) is 1. The number of ketones is 1. The maximum absolute atomic E-state index is 13.6. The Morgan fingerprint density at radius 1 is 1.16 bits per heavy atom. The molecule has 0 aliphatic rings. The first-order valence-electron chi connectivity index (χ1n) is 5.58. The van der Waals surface area contributed by atoms with Gasteiger partial charge in [0, 0.05) is 35.1 Å². The number of hydrogen-bond donors (Lipinski definition) is 1. The van der Waals surface area contributed by atoms with Crippen LogP contribution in [0, 0.1) is 11.6 Å². The number of halogens is 2. The van der Waals surface area contributed by atoms with Crippen molar-refractivity contribution in [1.82, 2.24) is 9.97 Å². The molecular weight excluding hydrogens is 250 g/mol. The third-order valence-electron chi connectivity index (χ3n) is 2.92. The van der Waals surface area contributed by atoms with Gasteiger partial charge in [0.2, 0.25) is 0 Å². The highest BCUT2D eigenvalue weighted by Gasteiger charge is 2.19. The normalized spacial score (nSPS) is 10.8. The first-order chi connectivity index (χ1) is 9.18. The number of rotatable bonds is 2. The number of nitrogens with one attached hydrogen (secondary N) is 1. The fourth-order valence-corrected chi connectivity index (χ4v) is 1.97. The van der Waals surface area contributed by atoms with Gasteiger partial charge < -0.3 is 4.98 Å². The molecule has 94 valence electrons. The lowest BCUT2D eigenvalue weighted by Gasteiger charge is -2.02. The zero-order chi connectivity index (χ0) is 13.4. The molecule has 2 aromatic heterocycles. The van der Waals surface area contributed by atoms with Crippen LogP contribution in [-0.4, -0.2) is 15.8 Å². The molecule has 1 aromatic carbocycles. The summed E-state index contributed by atoms with van der Waals surface area (Å²) in [4.78, 5) is 19.1. The van der Waals surface area contributed by atoms with Crippen molar-refractivity contribution in [2.75, 3.05) is 0 Å². The maximum atomic E-state index is 13.6. The van der Waals surface area contributed by atoms with E-state index in [1.165, 1.54) is 24.5 Å². The number of benzene rings is 1. The van der Waals surface area contributed by atoms with Gasteiger partial charge in [0.25, 0.3) is 0 Å². The first kappa shape index (κ1) is 11.5. The average molecular weight is 258 g/mol.